The van der Waals surface area contributed by atoms with Gasteiger partial charge in [0.05, 0.1) is 36.9 Å². The molecular weight excluding hydrogens is 836 g/mol. The maximum atomic E-state index is 13.6. The van der Waals surface area contributed by atoms with E-state index in [0.29, 0.717) is 57.9 Å². The van der Waals surface area contributed by atoms with Crippen LogP contribution in [0.4, 0.5) is 26.4 Å². The van der Waals surface area contributed by atoms with Gasteiger partial charge in [-0.1, -0.05) is 30.3 Å². The minimum atomic E-state index is -1.36. The van der Waals surface area contributed by atoms with Gasteiger partial charge in [0.25, 0.3) is 11.8 Å². The van der Waals surface area contributed by atoms with Crippen LogP contribution >= 0.6 is 0 Å². The fourth-order valence-corrected chi connectivity index (χ4v) is 8.69. The molecule has 5 N–H and O–H groups in total. The number of nitrogens with one attached hydrogen (secondary N) is 3. The summed E-state index contributed by atoms with van der Waals surface area (Å²) < 4.78 is 26.6. The lowest BCUT2D eigenvalue weighted by molar-refractivity contribution is -0.125. The van der Waals surface area contributed by atoms with Gasteiger partial charge in [-0.05, 0) is 92.8 Å². The number of amides is 5. The van der Waals surface area contributed by atoms with E-state index in [2.05, 4.69) is 35.9 Å². The van der Waals surface area contributed by atoms with E-state index in [4.69, 9.17) is 15.2 Å². The Morgan fingerprint density at radius 2 is 1.66 bits per heavy atom. The molecule has 5 amide bonds. The molecule has 0 spiro atoms. The number of imide groups is 1. The van der Waals surface area contributed by atoms with E-state index in [-0.39, 0.29) is 42.3 Å². The third kappa shape index (κ3) is 10.8. The van der Waals surface area contributed by atoms with Crippen molar-refractivity contribution in [2.75, 3.05) is 55.8 Å². The molecule has 0 bridgehead atoms. The molecule has 1 aliphatic carbocycles. The van der Waals surface area contributed by atoms with Crippen LogP contribution in [0.25, 0.3) is 11.3 Å². The first-order chi connectivity index (χ1) is 31.5. The van der Waals surface area contributed by atoms with Gasteiger partial charge >= 0.3 is 12.0 Å². The molecule has 2 saturated heterocycles. The molecule has 2 aromatic heterocycles. The standard InChI is InChI=1S/C47H51FN10O7/c1-64-39-16-11-32(23-38(39)57-22-19-40(59)55-47(57)63)44(60)51-24-29-7-9-30(10-8-29)27-56-20-17-36(18-21-56)58-28-33(25-52-58)37-26-50-43(49)41(54-37)46(62)65-42(31-5-3-2-4-6-31)45(61)53-35-14-12-34(48)13-15-35/h2-6,11-16,23,25-26,28-30,36,42H,7-10,17-22,24,27H2,1H3,(H2,49,50)(H,51,60)(H,53,61)(H,55,59,63)/t29?,30?,42-/m1/s1. The van der Waals surface area contributed by atoms with Crippen LogP contribution in [0.2, 0.25) is 0 Å². The highest BCUT2D eigenvalue weighted by molar-refractivity contribution is 6.07. The van der Waals surface area contributed by atoms with E-state index in [0.717, 1.165) is 58.2 Å². The lowest BCUT2D eigenvalue weighted by atomic mass is 9.81. The number of esters is 1. The summed E-state index contributed by atoms with van der Waals surface area (Å²) in [5, 5.41) is 12.7. The molecule has 338 valence electrons. The quantitative estimate of drug-likeness (QED) is 0.0956. The van der Waals surface area contributed by atoms with Crippen LogP contribution in [0.15, 0.2) is 91.4 Å². The van der Waals surface area contributed by atoms with Crippen molar-refractivity contribution in [2.24, 2.45) is 11.8 Å². The Labute approximate surface area is 374 Å². The van der Waals surface area contributed by atoms with E-state index in [9.17, 15) is 28.4 Å². The van der Waals surface area contributed by atoms with Gasteiger partial charge in [0.1, 0.15) is 11.6 Å². The zero-order valence-electron chi connectivity index (χ0n) is 36.0. The number of nitrogens with zero attached hydrogens (tertiary/aromatic N) is 6. The summed E-state index contributed by atoms with van der Waals surface area (Å²) in [5.74, 6) is -1.35. The SMILES string of the molecule is COc1ccc(C(=O)NCC2CCC(CN3CCC(n4cc(-c5cnc(N)c(C(=O)O[C@@H](C(=O)Nc6ccc(F)cc6)c6ccccc6)n5)cn4)CC3)CC2)cc1N1CCC(=O)NC1=O. The lowest BCUT2D eigenvalue weighted by Crippen LogP contribution is -2.49. The number of urea groups is 1. The minimum absolute atomic E-state index is 0.156. The fraction of sp³-hybridized carbons (Fsp3) is 0.362. The number of aromatic nitrogens is 4. The maximum absolute atomic E-state index is 13.6. The average molecular weight is 887 g/mol. The van der Waals surface area contributed by atoms with E-state index in [1.54, 1.807) is 54.7 Å². The molecule has 2 aliphatic heterocycles. The normalized spacial score (nSPS) is 18.6. The third-order valence-corrected chi connectivity index (χ3v) is 12.3. The van der Waals surface area contributed by atoms with Crippen LogP contribution in [0.5, 0.6) is 5.75 Å². The molecule has 5 aromatic rings. The monoisotopic (exact) mass is 886 g/mol. The number of carbonyl (C=O) groups excluding carboxylic acids is 5. The second kappa shape index (κ2) is 20.1. The number of carbonyl (C=O) groups is 5. The highest BCUT2D eigenvalue weighted by atomic mass is 19.1. The number of nitrogen functional groups attached to an aromatic ring is 1. The van der Waals surface area contributed by atoms with Crippen molar-refractivity contribution >= 4 is 46.9 Å². The number of nitrogens with two attached hydrogens (primary N) is 1. The average Bonchev–Trinajstić information content (AvgIpc) is 3.82. The first-order valence-electron chi connectivity index (χ1n) is 21.8. The Balaban J connectivity index is 0.802. The Bertz CT molecular complexity index is 2520. The summed E-state index contributed by atoms with van der Waals surface area (Å²) in [4.78, 5) is 77.0. The molecule has 3 aliphatic rings. The molecule has 4 heterocycles. The summed E-state index contributed by atoms with van der Waals surface area (Å²) in [6, 6.07) is 18.3. The second-order valence-electron chi connectivity index (χ2n) is 16.7. The number of halogens is 1. The Morgan fingerprint density at radius 1 is 0.923 bits per heavy atom. The largest absolute Gasteiger partial charge is 0.495 e. The van der Waals surface area contributed by atoms with Crippen molar-refractivity contribution in [1.82, 2.24) is 35.3 Å². The van der Waals surface area contributed by atoms with Gasteiger partial charge < -0.3 is 30.7 Å². The van der Waals surface area contributed by atoms with Gasteiger partial charge in [-0.2, -0.15) is 5.10 Å². The van der Waals surface area contributed by atoms with E-state index >= 15 is 0 Å². The van der Waals surface area contributed by atoms with E-state index in [1.807, 2.05) is 10.9 Å². The number of ether oxygens (including phenoxy) is 2. The molecule has 1 saturated carbocycles. The van der Waals surface area contributed by atoms with Crippen LogP contribution in [0.1, 0.15) is 83.5 Å². The van der Waals surface area contributed by atoms with Crippen molar-refractivity contribution in [1.29, 1.82) is 0 Å². The topological polar surface area (TPSA) is 216 Å². The fourth-order valence-electron chi connectivity index (χ4n) is 8.69. The van der Waals surface area contributed by atoms with Crippen molar-refractivity contribution in [3.63, 3.8) is 0 Å². The Kier molecular flexibility index (Phi) is 13.7. The van der Waals surface area contributed by atoms with E-state index in [1.165, 1.54) is 42.5 Å². The van der Waals surface area contributed by atoms with Gasteiger partial charge in [0, 0.05) is 67.7 Å². The Hall–Kier alpha value is -7.21. The van der Waals surface area contributed by atoms with Crippen molar-refractivity contribution < 1.29 is 37.8 Å². The number of benzene rings is 3. The number of piperidine rings is 1. The van der Waals surface area contributed by atoms with Crippen LogP contribution < -0.4 is 31.3 Å². The summed E-state index contributed by atoms with van der Waals surface area (Å²) in [7, 11) is 1.50. The predicted octanol–water partition coefficient (Wildman–Crippen LogP) is 5.93. The first-order valence-corrected chi connectivity index (χ1v) is 21.8. The summed E-state index contributed by atoms with van der Waals surface area (Å²) in [6.45, 7) is 3.67. The molecular formula is C47H51FN10O7. The molecule has 0 unspecified atom stereocenters. The predicted molar refractivity (Wildman–Crippen MR) is 238 cm³/mol. The third-order valence-electron chi connectivity index (χ3n) is 12.3. The van der Waals surface area contributed by atoms with Crippen LogP contribution in [0, 0.1) is 17.7 Å². The number of rotatable bonds is 14. The number of methoxy groups -OCH3 is 1. The van der Waals surface area contributed by atoms with Crippen molar-refractivity contribution in [3.8, 4) is 17.0 Å². The number of hydrogen-bond acceptors (Lipinski definition) is 12. The zero-order valence-corrected chi connectivity index (χ0v) is 36.0. The smallest absolute Gasteiger partial charge is 0.361 e. The van der Waals surface area contributed by atoms with Gasteiger partial charge in [-0.3, -0.25) is 29.3 Å². The molecule has 18 heteroatoms. The molecule has 3 aromatic carbocycles. The highest BCUT2D eigenvalue weighted by Crippen LogP contribution is 2.33. The number of likely N-dealkylation sites (tertiary alicyclic amines) is 1. The summed E-state index contributed by atoms with van der Waals surface area (Å²) in [5.41, 5.74) is 8.49. The van der Waals surface area contributed by atoms with Crippen LogP contribution in [-0.2, 0) is 14.3 Å². The van der Waals surface area contributed by atoms with Gasteiger partial charge in [-0.15, -0.1) is 0 Å². The lowest BCUT2D eigenvalue weighted by Gasteiger charge is -2.36. The molecule has 3 fully saturated rings. The number of hydrogen-bond donors (Lipinski definition) is 4. The maximum Gasteiger partial charge on any atom is 0.361 e. The van der Waals surface area contributed by atoms with Crippen molar-refractivity contribution in [3.05, 3.63) is 114 Å². The molecule has 1 atom stereocenters. The second-order valence-corrected chi connectivity index (χ2v) is 16.7. The molecule has 8 rings (SSSR count). The first kappa shape index (κ1) is 44.4. The molecule has 17 nitrogen and oxygen atoms in total. The Morgan fingerprint density at radius 3 is 2.38 bits per heavy atom. The summed E-state index contributed by atoms with van der Waals surface area (Å²) in [6.07, 6.45) is 9.92. The minimum Gasteiger partial charge on any atom is -0.495 e. The van der Waals surface area contributed by atoms with Gasteiger partial charge in [0.2, 0.25) is 12.0 Å². The summed E-state index contributed by atoms with van der Waals surface area (Å²) >= 11 is 0. The molecule has 65 heavy (non-hydrogen) atoms. The van der Waals surface area contributed by atoms with Crippen LogP contribution in [0.3, 0.4) is 0 Å². The van der Waals surface area contributed by atoms with Crippen molar-refractivity contribution in [2.45, 2.75) is 57.1 Å². The van der Waals surface area contributed by atoms with Gasteiger partial charge in [0.15, 0.2) is 11.5 Å². The molecule has 0 radical (unpaired) electrons. The zero-order chi connectivity index (χ0) is 45.5. The van der Waals surface area contributed by atoms with Gasteiger partial charge in [-0.25, -0.2) is 23.9 Å². The van der Waals surface area contributed by atoms with Crippen LogP contribution in [-0.4, -0.2) is 94.2 Å². The highest BCUT2D eigenvalue weighted by Gasteiger charge is 2.31. The van der Waals surface area contributed by atoms with E-state index < -0.39 is 29.8 Å². The number of anilines is 3.